The molecule has 6 nitrogen and oxygen atoms in total. The number of methoxy groups -OCH3 is 1. The Balaban J connectivity index is 1.95. The number of hydrogen-bond donors (Lipinski definition) is 1. The van der Waals surface area contributed by atoms with Crippen molar-refractivity contribution in [3.05, 3.63) is 23.8 Å². The van der Waals surface area contributed by atoms with Gasteiger partial charge in [-0.15, -0.1) is 0 Å². The van der Waals surface area contributed by atoms with E-state index in [9.17, 15) is 4.79 Å². The van der Waals surface area contributed by atoms with Gasteiger partial charge in [-0.2, -0.15) is 5.26 Å². The summed E-state index contributed by atoms with van der Waals surface area (Å²) in [5.74, 6) is 1.04. The minimum atomic E-state index is -0.530. The Kier molecular flexibility index (Phi) is 4.69. The fourth-order valence-corrected chi connectivity index (χ4v) is 2.05. The van der Waals surface area contributed by atoms with E-state index in [1.165, 1.54) is 7.11 Å². The number of amides is 1. The van der Waals surface area contributed by atoms with Crippen LogP contribution in [-0.2, 0) is 4.74 Å². The van der Waals surface area contributed by atoms with Gasteiger partial charge >= 0.3 is 6.09 Å². The molecule has 0 unspecified atom stereocenters. The number of nitrogens with zero attached hydrogens (tertiary/aromatic N) is 1. The number of ether oxygens (including phenoxy) is 3. The van der Waals surface area contributed by atoms with Gasteiger partial charge in [0.05, 0.1) is 24.3 Å². The van der Waals surface area contributed by atoms with E-state index >= 15 is 0 Å². The average molecular weight is 318 g/mol. The normalized spacial score (nSPS) is 15.3. The van der Waals surface area contributed by atoms with E-state index in [2.05, 4.69) is 11.4 Å². The summed E-state index contributed by atoms with van der Waals surface area (Å²) in [5.41, 5.74) is -0.416. The summed E-state index contributed by atoms with van der Waals surface area (Å²) in [6, 6.07) is 7.03. The van der Waals surface area contributed by atoms with Crippen LogP contribution in [0, 0.1) is 11.3 Å². The molecule has 1 saturated carbocycles. The van der Waals surface area contributed by atoms with Crippen molar-refractivity contribution in [1.29, 1.82) is 5.26 Å². The van der Waals surface area contributed by atoms with E-state index in [0.717, 1.165) is 12.8 Å². The molecule has 0 radical (unpaired) electrons. The molecular formula is C17H22N2O4. The largest absolute Gasteiger partial charge is 0.493 e. The molecule has 0 heterocycles. The Morgan fingerprint density at radius 2 is 2.04 bits per heavy atom. The first kappa shape index (κ1) is 16.9. The standard InChI is InChI=1S/C17H22N2O4/c1-16(2,3)23-15(20)19-17(7-8-17)11-22-13-6-5-12(10-18)9-14(13)21-4/h5-6,9H,7-8,11H2,1-4H3,(H,19,20). The zero-order valence-electron chi connectivity index (χ0n) is 13.9. The third-order valence-corrected chi connectivity index (χ3v) is 3.42. The zero-order chi connectivity index (χ0) is 17.1. The molecule has 124 valence electrons. The van der Waals surface area contributed by atoms with E-state index in [-0.39, 0.29) is 5.54 Å². The second-order valence-corrected chi connectivity index (χ2v) is 6.67. The third kappa shape index (κ3) is 4.78. The second-order valence-electron chi connectivity index (χ2n) is 6.67. The van der Waals surface area contributed by atoms with Crippen molar-refractivity contribution < 1.29 is 19.0 Å². The molecule has 0 bridgehead atoms. The van der Waals surface area contributed by atoms with Crippen molar-refractivity contribution in [2.45, 2.75) is 44.8 Å². The summed E-state index contributed by atoms with van der Waals surface area (Å²) in [5, 5.41) is 11.8. The molecule has 0 aliphatic heterocycles. The monoisotopic (exact) mass is 318 g/mol. The molecular weight excluding hydrogens is 296 g/mol. The van der Waals surface area contributed by atoms with Gasteiger partial charge in [-0.05, 0) is 45.7 Å². The fourth-order valence-electron chi connectivity index (χ4n) is 2.05. The number of rotatable bonds is 5. The van der Waals surface area contributed by atoms with Crippen molar-refractivity contribution in [3.63, 3.8) is 0 Å². The average Bonchev–Trinajstić information content (AvgIpc) is 3.22. The molecule has 1 aromatic carbocycles. The maximum atomic E-state index is 11.9. The number of nitrogens with one attached hydrogen (secondary N) is 1. The number of alkyl carbamates (subject to hydrolysis) is 1. The van der Waals surface area contributed by atoms with E-state index in [1.54, 1.807) is 18.2 Å². The van der Waals surface area contributed by atoms with Crippen molar-refractivity contribution in [1.82, 2.24) is 5.32 Å². The van der Waals surface area contributed by atoms with Gasteiger partial charge in [0.25, 0.3) is 0 Å². The summed E-state index contributed by atoms with van der Waals surface area (Å²) in [6.07, 6.45) is 1.24. The quantitative estimate of drug-likeness (QED) is 0.902. The number of benzene rings is 1. The van der Waals surface area contributed by atoms with Gasteiger partial charge in [-0.25, -0.2) is 4.79 Å². The molecule has 0 aromatic heterocycles. The number of hydrogen-bond acceptors (Lipinski definition) is 5. The number of carbonyl (C=O) groups is 1. The van der Waals surface area contributed by atoms with E-state index in [0.29, 0.717) is 23.7 Å². The van der Waals surface area contributed by atoms with Crippen LogP contribution in [0.25, 0.3) is 0 Å². The Bertz CT molecular complexity index is 624. The van der Waals surface area contributed by atoms with Crippen LogP contribution < -0.4 is 14.8 Å². The Labute approximate surface area is 136 Å². The van der Waals surface area contributed by atoms with Gasteiger partial charge in [-0.1, -0.05) is 0 Å². The van der Waals surface area contributed by atoms with Gasteiger partial charge in [0.15, 0.2) is 11.5 Å². The van der Waals surface area contributed by atoms with Crippen molar-refractivity contribution in [2.75, 3.05) is 13.7 Å². The third-order valence-electron chi connectivity index (χ3n) is 3.42. The Morgan fingerprint density at radius 3 is 2.57 bits per heavy atom. The van der Waals surface area contributed by atoms with Crippen LogP contribution in [0.4, 0.5) is 4.79 Å². The minimum Gasteiger partial charge on any atom is -0.493 e. The van der Waals surface area contributed by atoms with Crippen molar-refractivity contribution >= 4 is 6.09 Å². The molecule has 1 aliphatic carbocycles. The predicted octanol–water partition coefficient (Wildman–Crippen LogP) is 3.00. The number of nitriles is 1. The lowest BCUT2D eigenvalue weighted by molar-refractivity contribution is 0.0476. The Hall–Kier alpha value is -2.42. The highest BCUT2D eigenvalue weighted by atomic mass is 16.6. The minimum absolute atomic E-state index is 0.328. The van der Waals surface area contributed by atoms with Crippen LogP contribution in [0.5, 0.6) is 11.5 Å². The molecule has 0 atom stereocenters. The van der Waals surface area contributed by atoms with Gasteiger partial charge < -0.3 is 19.5 Å². The van der Waals surface area contributed by atoms with E-state index in [1.807, 2.05) is 20.8 Å². The van der Waals surface area contributed by atoms with Crippen LogP contribution in [0.15, 0.2) is 18.2 Å². The molecule has 1 N–H and O–H groups in total. The first-order chi connectivity index (χ1) is 10.8. The van der Waals surface area contributed by atoms with Crippen LogP contribution in [0.3, 0.4) is 0 Å². The lowest BCUT2D eigenvalue weighted by Gasteiger charge is -2.23. The highest BCUT2D eigenvalue weighted by Gasteiger charge is 2.46. The molecule has 1 aliphatic rings. The molecule has 23 heavy (non-hydrogen) atoms. The zero-order valence-corrected chi connectivity index (χ0v) is 13.9. The highest BCUT2D eigenvalue weighted by molar-refractivity contribution is 5.69. The highest BCUT2D eigenvalue weighted by Crippen LogP contribution is 2.37. The van der Waals surface area contributed by atoms with Crippen LogP contribution in [0.2, 0.25) is 0 Å². The first-order valence-electron chi connectivity index (χ1n) is 7.49. The van der Waals surface area contributed by atoms with Crippen LogP contribution >= 0.6 is 0 Å². The predicted molar refractivity (Wildman–Crippen MR) is 84.5 cm³/mol. The molecule has 0 saturated heterocycles. The second kappa shape index (κ2) is 6.37. The van der Waals surface area contributed by atoms with Crippen LogP contribution in [0.1, 0.15) is 39.2 Å². The summed E-state index contributed by atoms with van der Waals surface area (Å²) in [7, 11) is 1.52. The smallest absolute Gasteiger partial charge is 0.408 e. The summed E-state index contributed by atoms with van der Waals surface area (Å²) < 4.78 is 16.3. The molecule has 2 rings (SSSR count). The lowest BCUT2D eigenvalue weighted by atomic mass is 10.2. The number of carbonyl (C=O) groups excluding carboxylic acids is 1. The van der Waals surface area contributed by atoms with E-state index in [4.69, 9.17) is 19.5 Å². The van der Waals surface area contributed by atoms with Gasteiger partial charge in [-0.3, -0.25) is 0 Å². The Morgan fingerprint density at radius 1 is 1.35 bits per heavy atom. The molecule has 1 fully saturated rings. The molecule has 0 spiro atoms. The maximum absolute atomic E-state index is 11.9. The van der Waals surface area contributed by atoms with Gasteiger partial charge in [0.2, 0.25) is 0 Å². The van der Waals surface area contributed by atoms with Crippen molar-refractivity contribution in [3.8, 4) is 17.6 Å². The topological polar surface area (TPSA) is 80.6 Å². The fraction of sp³-hybridized carbons (Fsp3) is 0.529. The maximum Gasteiger partial charge on any atom is 0.408 e. The first-order valence-corrected chi connectivity index (χ1v) is 7.49. The lowest BCUT2D eigenvalue weighted by Crippen LogP contribution is -2.44. The van der Waals surface area contributed by atoms with Crippen molar-refractivity contribution in [2.24, 2.45) is 0 Å². The van der Waals surface area contributed by atoms with Gasteiger partial charge in [0.1, 0.15) is 12.2 Å². The molecule has 6 heteroatoms. The SMILES string of the molecule is COc1cc(C#N)ccc1OCC1(NC(=O)OC(C)(C)C)CC1. The van der Waals surface area contributed by atoms with Gasteiger partial charge in [0, 0.05) is 6.07 Å². The molecule has 1 amide bonds. The summed E-state index contributed by atoms with van der Waals surface area (Å²) in [6.45, 7) is 5.80. The van der Waals surface area contributed by atoms with E-state index < -0.39 is 11.7 Å². The molecule has 1 aromatic rings. The summed E-state index contributed by atoms with van der Waals surface area (Å²) >= 11 is 0. The van der Waals surface area contributed by atoms with Crippen LogP contribution in [-0.4, -0.2) is 30.9 Å². The summed E-state index contributed by atoms with van der Waals surface area (Å²) in [4.78, 5) is 11.9.